The zero-order valence-electron chi connectivity index (χ0n) is 17.7. The summed E-state index contributed by atoms with van der Waals surface area (Å²) in [5.74, 6) is 2.78. The SMILES string of the molecule is CCCCCCC(CCC(C)CC)C(CCCCC)C(C)(C)C. The van der Waals surface area contributed by atoms with Crippen LogP contribution in [0.25, 0.3) is 0 Å². The normalized spacial score (nSPS) is 16.3. The molecule has 0 aromatic heterocycles. The predicted octanol–water partition coefficient (Wildman–Crippen LogP) is 8.64. The Labute approximate surface area is 149 Å². The number of hydrogen-bond donors (Lipinski definition) is 0. The molecule has 0 saturated carbocycles. The van der Waals surface area contributed by atoms with E-state index in [4.69, 9.17) is 0 Å². The third-order valence-electron chi connectivity index (χ3n) is 5.96. The van der Waals surface area contributed by atoms with Gasteiger partial charge >= 0.3 is 0 Å². The summed E-state index contributed by atoms with van der Waals surface area (Å²) >= 11 is 0. The molecule has 0 bridgehead atoms. The summed E-state index contributed by atoms with van der Waals surface area (Å²) in [5.41, 5.74) is 0.471. The topological polar surface area (TPSA) is 0 Å². The maximum absolute atomic E-state index is 2.49. The molecule has 0 heterocycles. The van der Waals surface area contributed by atoms with Crippen molar-refractivity contribution < 1.29 is 0 Å². The van der Waals surface area contributed by atoms with E-state index in [0.717, 1.165) is 17.8 Å². The lowest BCUT2D eigenvalue weighted by Gasteiger charge is -2.38. The van der Waals surface area contributed by atoms with Crippen molar-refractivity contribution in [2.45, 2.75) is 126 Å². The predicted molar refractivity (Wildman–Crippen MR) is 108 cm³/mol. The Bertz CT molecular complexity index is 247. The van der Waals surface area contributed by atoms with Crippen molar-refractivity contribution >= 4 is 0 Å². The van der Waals surface area contributed by atoms with E-state index in [-0.39, 0.29) is 0 Å². The van der Waals surface area contributed by atoms with E-state index in [0.29, 0.717) is 5.41 Å². The van der Waals surface area contributed by atoms with Crippen LogP contribution >= 0.6 is 0 Å². The zero-order valence-corrected chi connectivity index (χ0v) is 17.7. The Kier molecular flexibility index (Phi) is 13.3. The molecule has 0 nitrogen and oxygen atoms in total. The van der Waals surface area contributed by atoms with Gasteiger partial charge in [0.1, 0.15) is 0 Å². The van der Waals surface area contributed by atoms with Crippen LogP contribution in [0.3, 0.4) is 0 Å². The molecule has 0 rings (SSSR count). The molecular formula is C23H48. The summed E-state index contributed by atoms with van der Waals surface area (Å²) in [6, 6.07) is 0. The Morgan fingerprint density at radius 3 is 1.74 bits per heavy atom. The summed E-state index contributed by atoms with van der Waals surface area (Å²) in [7, 11) is 0. The molecule has 140 valence electrons. The van der Waals surface area contributed by atoms with Crippen molar-refractivity contribution in [3.63, 3.8) is 0 Å². The van der Waals surface area contributed by atoms with Crippen molar-refractivity contribution in [3.8, 4) is 0 Å². The molecule has 0 aliphatic rings. The fraction of sp³-hybridized carbons (Fsp3) is 1.00. The molecule has 23 heavy (non-hydrogen) atoms. The molecule has 0 amide bonds. The van der Waals surface area contributed by atoms with Gasteiger partial charge in [-0.1, -0.05) is 113 Å². The Balaban J connectivity index is 4.74. The number of rotatable bonds is 14. The van der Waals surface area contributed by atoms with E-state index in [2.05, 4.69) is 48.5 Å². The van der Waals surface area contributed by atoms with Crippen molar-refractivity contribution in [1.82, 2.24) is 0 Å². The molecule has 0 aliphatic carbocycles. The molecule has 0 aromatic rings. The third kappa shape index (κ3) is 11.2. The van der Waals surface area contributed by atoms with Gasteiger partial charge in [-0.25, -0.2) is 0 Å². The monoisotopic (exact) mass is 324 g/mol. The Hall–Kier alpha value is 0. The lowest BCUT2D eigenvalue weighted by molar-refractivity contribution is 0.120. The molecule has 0 spiro atoms. The quantitative estimate of drug-likeness (QED) is 0.280. The van der Waals surface area contributed by atoms with E-state index in [1.807, 2.05) is 0 Å². The van der Waals surface area contributed by atoms with Gasteiger partial charge in [0.2, 0.25) is 0 Å². The largest absolute Gasteiger partial charge is 0.0654 e. The Morgan fingerprint density at radius 2 is 1.22 bits per heavy atom. The molecule has 3 atom stereocenters. The number of hydrogen-bond acceptors (Lipinski definition) is 0. The van der Waals surface area contributed by atoms with Gasteiger partial charge in [0.25, 0.3) is 0 Å². The fourth-order valence-corrected chi connectivity index (χ4v) is 4.07. The molecule has 0 fully saturated rings. The van der Waals surface area contributed by atoms with Gasteiger partial charge in [-0.05, 0) is 36.0 Å². The highest BCUT2D eigenvalue weighted by Gasteiger charge is 2.31. The van der Waals surface area contributed by atoms with Crippen LogP contribution in [0.2, 0.25) is 0 Å². The molecule has 0 radical (unpaired) electrons. The number of unbranched alkanes of at least 4 members (excludes halogenated alkanes) is 5. The van der Waals surface area contributed by atoms with E-state index in [1.54, 1.807) is 0 Å². The van der Waals surface area contributed by atoms with Crippen LogP contribution < -0.4 is 0 Å². The van der Waals surface area contributed by atoms with Gasteiger partial charge in [0.15, 0.2) is 0 Å². The maximum Gasteiger partial charge on any atom is -0.0337 e. The van der Waals surface area contributed by atoms with Gasteiger partial charge in [-0.15, -0.1) is 0 Å². The fourth-order valence-electron chi connectivity index (χ4n) is 4.07. The van der Waals surface area contributed by atoms with Gasteiger partial charge in [-0.3, -0.25) is 0 Å². The summed E-state index contributed by atoms with van der Waals surface area (Å²) in [5, 5.41) is 0. The summed E-state index contributed by atoms with van der Waals surface area (Å²) < 4.78 is 0. The average Bonchev–Trinajstić information content (AvgIpc) is 2.50. The van der Waals surface area contributed by atoms with E-state index < -0.39 is 0 Å². The summed E-state index contributed by atoms with van der Waals surface area (Å²) in [4.78, 5) is 0. The van der Waals surface area contributed by atoms with E-state index >= 15 is 0 Å². The van der Waals surface area contributed by atoms with Crippen LogP contribution in [0.5, 0.6) is 0 Å². The third-order valence-corrected chi connectivity index (χ3v) is 5.96. The first-order chi connectivity index (χ1) is 10.9. The first kappa shape index (κ1) is 23.0. The Morgan fingerprint density at radius 1 is 0.652 bits per heavy atom. The molecule has 0 saturated heterocycles. The second-order valence-corrected chi connectivity index (χ2v) is 9.17. The second-order valence-electron chi connectivity index (χ2n) is 9.17. The summed E-state index contributed by atoms with van der Waals surface area (Å²) in [6.45, 7) is 16.9. The molecule has 0 N–H and O–H groups in total. The van der Waals surface area contributed by atoms with Gasteiger partial charge in [0.05, 0.1) is 0 Å². The molecule has 0 heteroatoms. The van der Waals surface area contributed by atoms with Crippen LogP contribution in [0.4, 0.5) is 0 Å². The summed E-state index contributed by atoms with van der Waals surface area (Å²) in [6.07, 6.45) is 17.1. The highest BCUT2D eigenvalue weighted by atomic mass is 14.4. The smallest absolute Gasteiger partial charge is 0.0337 e. The molecule has 3 unspecified atom stereocenters. The zero-order chi connectivity index (χ0) is 17.7. The van der Waals surface area contributed by atoms with Crippen molar-refractivity contribution in [2.24, 2.45) is 23.2 Å². The minimum absolute atomic E-state index is 0.471. The minimum Gasteiger partial charge on any atom is -0.0654 e. The van der Waals surface area contributed by atoms with Crippen LogP contribution in [0, 0.1) is 23.2 Å². The standard InChI is InChI=1S/C23H48/c1-8-11-13-15-16-21(19-18-20(4)10-3)22(23(5,6)7)17-14-12-9-2/h20-22H,8-19H2,1-7H3. The highest BCUT2D eigenvalue weighted by molar-refractivity contribution is 4.81. The first-order valence-electron chi connectivity index (χ1n) is 10.9. The maximum atomic E-state index is 2.49. The van der Waals surface area contributed by atoms with Gasteiger partial charge in [-0.2, -0.15) is 0 Å². The second kappa shape index (κ2) is 13.3. The molecule has 0 aliphatic heterocycles. The minimum atomic E-state index is 0.471. The van der Waals surface area contributed by atoms with E-state index in [1.165, 1.54) is 77.0 Å². The van der Waals surface area contributed by atoms with Crippen LogP contribution in [0.1, 0.15) is 126 Å². The molecular weight excluding hydrogens is 276 g/mol. The van der Waals surface area contributed by atoms with E-state index in [9.17, 15) is 0 Å². The van der Waals surface area contributed by atoms with Crippen LogP contribution in [-0.4, -0.2) is 0 Å². The van der Waals surface area contributed by atoms with Crippen LogP contribution in [0.15, 0.2) is 0 Å². The lowest BCUT2D eigenvalue weighted by Crippen LogP contribution is -2.29. The van der Waals surface area contributed by atoms with Gasteiger partial charge < -0.3 is 0 Å². The lowest BCUT2D eigenvalue weighted by atomic mass is 9.67. The van der Waals surface area contributed by atoms with Crippen molar-refractivity contribution in [3.05, 3.63) is 0 Å². The highest BCUT2D eigenvalue weighted by Crippen LogP contribution is 2.41. The first-order valence-corrected chi connectivity index (χ1v) is 10.9. The average molecular weight is 325 g/mol. The van der Waals surface area contributed by atoms with Crippen molar-refractivity contribution in [1.29, 1.82) is 0 Å². The van der Waals surface area contributed by atoms with Gasteiger partial charge in [0, 0.05) is 0 Å². The molecule has 0 aromatic carbocycles. The van der Waals surface area contributed by atoms with Crippen LogP contribution in [-0.2, 0) is 0 Å². The van der Waals surface area contributed by atoms with Crippen molar-refractivity contribution in [2.75, 3.05) is 0 Å².